The van der Waals surface area contributed by atoms with Crippen LogP contribution in [0.4, 0.5) is 0 Å². The monoisotopic (exact) mass is 326 g/mol. The van der Waals surface area contributed by atoms with E-state index in [-0.39, 0.29) is 6.61 Å². The summed E-state index contributed by atoms with van der Waals surface area (Å²) in [4.78, 5) is 8.00. The number of carbonyl (C=O) groups is 1. The second-order valence-corrected chi connectivity index (χ2v) is 5.71. The minimum Gasteiger partial charge on any atom is -0.397 e. The summed E-state index contributed by atoms with van der Waals surface area (Å²) in [5.41, 5.74) is 0. The second kappa shape index (κ2) is 26.0. The Morgan fingerprint density at radius 2 is 1.57 bits per heavy atom. The molecule has 0 amide bonds. The fraction of sp³-hybridized carbons (Fsp3) is 0.762. The van der Waals surface area contributed by atoms with Gasteiger partial charge in [0.25, 0.3) is 0 Å². The Labute approximate surface area is 146 Å². The average molecular weight is 327 g/mol. The molecule has 0 bridgehead atoms. The van der Waals surface area contributed by atoms with Crippen molar-refractivity contribution >= 4 is 6.79 Å². The van der Waals surface area contributed by atoms with Crippen LogP contribution in [0.5, 0.6) is 0 Å². The van der Waals surface area contributed by atoms with Gasteiger partial charge in [-0.15, -0.1) is 0 Å². The largest absolute Gasteiger partial charge is 0.397 e. The van der Waals surface area contributed by atoms with Gasteiger partial charge in [0.2, 0.25) is 0 Å². The van der Waals surface area contributed by atoms with Crippen molar-refractivity contribution < 1.29 is 9.90 Å². The number of hydrogen-bond acceptors (Lipinski definition) is 2. The summed E-state index contributed by atoms with van der Waals surface area (Å²) < 4.78 is 0. The van der Waals surface area contributed by atoms with Gasteiger partial charge < -0.3 is 9.90 Å². The normalized spacial score (nSPS) is 19.4. The first-order valence-corrected chi connectivity index (χ1v) is 9.42. The topological polar surface area (TPSA) is 37.3 Å². The minimum atomic E-state index is 0.250. The molecule has 1 aliphatic carbocycles. The third-order valence-electron chi connectivity index (χ3n) is 3.40. The molecule has 0 spiro atoms. The molecule has 0 aliphatic heterocycles. The van der Waals surface area contributed by atoms with Gasteiger partial charge in [-0.3, -0.25) is 0 Å². The van der Waals surface area contributed by atoms with E-state index in [0.29, 0.717) is 0 Å². The van der Waals surface area contributed by atoms with Crippen LogP contribution in [-0.4, -0.2) is 18.5 Å². The fourth-order valence-corrected chi connectivity index (χ4v) is 2.49. The van der Waals surface area contributed by atoms with Crippen molar-refractivity contribution in [2.45, 2.75) is 86.0 Å². The van der Waals surface area contributed by atoms with Crippen LogP contribution in [0.1, 0.15) is 86.0 Å². The Kier molecular flexibility index (Phi) is 30.5. The van der Waals surface area contributed by atoms with E-state index in [1.165, 1.54) is 51.4 Å². The summed E-state index contributed by atoms with van der Waals surface area (Å²) in [6.45, 7) is 12.6. The zero-order valence-corrected chi connectivity index (χ0v) is 16.4. The predicted molar refractivity (Wildman–Crippen MR) is 105 cm³/mol. The van der Waals surface area contributed by atoms with Gasteiger partial charge in [-0.2, -0.15) is 0 Å². The number of unbranched alkanes of at least 4 members (excludes halogenated alkanes) is 1. The van der Waals surface area contributed by atoms with E-state index < -0.39 is 0 Å². The number of rotatable bonds is 6. The van der Waals surface area contributed by atoms with Crippen molar-refractivity contribution in [3.05, 3.63) is 24.3 Å². The van der Waals surface area contributed by atoms with Gasteiger partial charge in [0.15, 0.2) is 0 Å². The molecule has 1 N–H and O–H groups in total. The van der Waals surface area contributed by atoms with Gasteiger partial charge in [-0.05, 0) is 50.9 Å². The Balaban J connectivity index is -0.000000425. The zero-order valence-electron chi connectivity index (χ0n) is 16.4. The SMILES string of the molecule is C=O.CC/C=C\C[C@H]1CCCC1/C=C/CCC.CCC.CCO. The molecule has 1 fully saturated rings. The molecule has 0 radical (unpaired) electrons. The van der Waals surface area contributed by atoms with Gasteiger partial charge in [-0.25, -0.2) is 0 Å². The highest BCUT2D eigenvalue weighted by molar-refractivity contribution is 5.11. The summed E-state index contributed by atoms with van der Waals surface area (Å²) in [6.07, 6.45) is 20.1. The molecule has 1 unspecified atom stereocenters. The molecule has 0 aromatic rings. The van der Waals surface area contributed by atoms with Crippen molar-refractivity contribution in [2.24, 2.45) is 11.8 Å². The number of hydrogen-bond donors (Lipinski definition) is 1. The number of aliphatic hydroxyl groups is 1. The first-order chi connectivity index (χ1) is 11.2. The van der Waals surface area contributed by atoms with Crippen molar-refractivity contribution in [1.82, 2.24) is 0 Å². The minimum absolute atomic E-state index is 0.250. The maximum absolute atomic E-state index is 8.00. The molecule has 0 aromatic heterocycles. The number of carbonyl (C=O) groups excluding carboxylic acids is 1. The standard InChI is InChI=1S/C15H26.C3H8.C2H6O.CH2O/c1-3-5-7-10-14-12-9-13-15(14)11-8-6-4-2;1-3-2;1-2-3;1-2/h5,7-8,11,14-15H,3-4,6,9-10,12-13H2,1-2H3;3H2,1-2H3;3H,2H2,1H3;1H2/b7-5-,11-8+;;;/t14-,15?;;;/m0.../s1. The predicted octanol–water partition coefficient (Wildman–Crippen LogP) is 6.35. The van der Waals surface area contributed by atoms with Crippen LogP contribution in [0.25, 0.3) is 0 Å². The molecule has 1 rings (SSSR count). The third kappa shape index (κ3) is 21.1. The van der Waals surface area contributed by atoms with Crippen LogP contribution in [-0.2, 0) is 4.79 Å². The van der Waals surface area contributed by atoms with Gasteiger partial charge in [0, 0.05) is 6.61 Å². The van der Waals surface area contributed by atoms with Gasteiger partial charge in [0.1, 0.15) is 6.79 Å². The van der Waals surface area contributed by atoms with E-state index in [1.54, 1.807) is 6.92 Å². The molecular formula is C21H42O2. The highest BCUT2D eigenvalue weighted by Crippen LogP contribution is 2.35. The number of aliphatic hydroxyl groups excluding tert-OH is 1. The van der Waals surface area contributed by atoms with E-state index in [9.17, 15) is 0 Å². The lowest BCUT2D eigenvalue weighted by atomic mass is 9.92. The Morgan fingerprint density at radius 1 is 1.00 bits per heavy atom. The van der Waals surface area contributed by atoms with Crippen molar-refractivity contribution in [1.29, 1.82) is 0 Å². The van der Waals surface area contributed by atoms with Gasteiger partial charge in [0.05, 0.1) is 0 Å². The molecule has 2 heteroatoms. The van der Waals surface area contributed by atoms with Crippen molar-refractivity contribution in [3.8, 4) is 0 Å². The van der Waals surface area contributed by atoms with Crippen LogP contribution in [0.3, 0.4) is 0 Å². The van der Waals surface area contributed by atoms with E-state index in [4.69, 9.17) is 9.90 Å². The molecule has 1 aliphatic rings. The summed E-state index contributed by atoms with van der Waals surface area (Å²) in [5.74, 6) is 1.80. The van der Waals surface area contributed by atoms with E-state index in [0.717, 1.165) is 11.8 Å². The van der Waals surface area contributed by atoms with E-state index >= 15 is 0 Å². The lowest BCUT2D eigenvalue weighted by Gasteiger charge is -2.13. The maximum Gasteiger partial charge on any atom is 0.106 e. The van der Waals surface area contributed by atoms with Gasteiger partial charge >= 0.3 is 0 Å². The Morgan fingerprint density at radius 3 is 2.04 bits per heavy atom. The Bertz CT molecular complexity index is 244. The first-order valence-electron chi connectivity index (χ1n) is 9.42. The molecule has 0 aromatic carbocycles. The lowest BCUT2D eigenvalue weighted by molar-refractivity contribution is -0.0979. The van der Waals surface area contributed by atoms with Gasteiger partial charge in [-0.1, -0.05) is 71.3 Å². The molecule has 23 heavy (non-hydrogen) atoms. The molecule has 2 nitrogen and oxygen atoms in total. The number of allylic oxidation sites excluding steroid dienone is 4. The molecule has 1 saturated carbocycles. The summed E-state index contributed by atoms with van der Waals surface area (Å²) in [5, 5.41) is 7.57. The van der Waals surface area contributed by atoms with Crippen molar-refractivity contribution in [3.63, 3.8) is 0 Å². The quantitative estimate of drug-likeness (QED) is 0.578. The molecule has 138 valence electrons. The Hall–Kier alpha value is -0.890. The molecular weight excluding hydrogens is 284 g/mol. The molecule has 0 heterocycles. The van der Waals surface area contributed by atoms with Crippen molar-refractivity contribution in [2.75, 3.05) is 6.61 Å². The zero-order chi connectivity index (χ0) is 18.3. The van der Waals surface area contributed by atoms with Crippen LogP contribution >= 0.6 is 0 Å². The fourth-order valence-electron chi connectivity index (χ4n) is 2.49. The third-order valence-corrected chi connectivity index (χ3v) is 3.40. The molecule has 0 saturated heterocycles. The maximum atomic E-state index is 8.00. The van der Waals surface area contributed by atoms with Crippen LogP contribution in [0.2, 0.25) is 0 Å². The lowest BCUT2D eigenvalue weighted by Crippen LogP contribution is -2.03. The first kappa shape index (κ1) is 27.0. The summed E-state index contributed by atoms with van der Waals surface area (Å²) >= 11 is 0. The highest BCUT2D eigenvalue weighted by atomic mass is 16.2. The van der Waals surface area contributed by atoms with E-state index in [2.05, 4.69) is 52.0 Å². The smallest absolute Gasteiger partial charge is 0.106 e. The summed E-state index contributed by atoms with van der Waals surface area (Å²) in [6, 6.07) is 0. The van der Waals surface area contributed by atoms with E-state index in [1.807, 2.05) is 6.79 Å². The summed E-state index contributed by atoms with van der Waals surface area (Å²) in [7, 11) is 0. The second-order valence-electron chi connectivity index (χ2n) is 5.71. The van der Waals surface area contributed by atoms with Crippen LogP contribution in [0.15, 0.2) is 24.3 Å². The molecule has 2 atom stereocenters. The van der Waals surface area contributed by atoms with Crippen LogP contribution in [0, 0.1) is 11.8 Å². The average Bonchev–Trinajstić information content (AvgIpc) is 2.99. The highest BCUT2D eigenvalue weighted by Gasteiger charge is 2.23. The van der Waals surface area contributed by atoms with Crippen LogP contribution < -0.4 is 0 Å².